The van der Waals surface area contributed by atoms with E-state index in [0.717, 1.165) is 37.5 Å². The summed E-state index contributed by atoms with van der Waals surface area (Å²) >= 11 is 1.62. The Labute approximate surface area is 289 Å². The van der Waals surface area contributed by atoms with Crippen molar-refractivity contribution in [2.24, 2.45) is 0 Å². The molecule has 0 saturated carbocycles. The van der Waals surface area contributed by atoms with Crippen LogP contribution in [0.2, 0.25) is 0 Å². The lowest BCUT2D eigenvalue weighted by molar-refractivity contribution is 0.619. The van der Waals surface area contributed by atoms with E-state index in [1.165, 1.54) is 75.8 Å². The Morgan fingerprint density at radius 2 is 0.920 bits per heavy atom. The van der Waals surface area contributed by atoms with Crippen molar-refractivity contribution in [3.8, 4) is 33.2 Å². The summed E-state index contributed by atoms with van der Waals surface area (Å²) < 4.78 is 7.44. The first-order valence-electron chi connectivity index (χ1n) is 16.9. The largest absolute Gasteiger partial charge is 0.434 e. The summed E-state index contributed by atoms with van der Waals surface area (Å²) in [4.78, 5) is 10.0. The molecule has 0 radical (unpaired) electrons. The predicted octanol–water partition coefficient (Wildman–Crippen LogP) is 13.2. The van der Waals surface area contributed by atoms with Gasteiger partial charge in [0, 0.05) is 0 Å². The first kappa shape index (κ1) is 26.6. The van der Waals surface area contributed by atoms with Crippen molar-refractivity contribution in [1.82, 2.24) is 9.97 Å². The van der Waals surface area contributed by atoms with Crippen molar-refractivity contribution in [1.29, 1.82) is 0 Å². The van der Waals surface area contributed by atoms with Gasteiger partial charge < -0.3 is 4.42 Å². The fourth-order valence-electron chi connectivity index (χ4n) is 8.35. The lowest BCUT2D eigenvalue weighted by Gasteiger charge is -2.14. The first-order valence-corrected chi connectivity index (χ1v) is 17.7. The summed E-state index contributed by atoms with van der Waals surface area (Å²) in [5.74, 6) is 0.554. The number of fused-ring (bicyclic) bond motifs is 2. The van der Waals surface area contributed by atoms with Gasteiger partial charge in [0.1, 0.15) is 5.52 Å². The van der Waals surface area contributed by atoms with Crippen LogP contribution in [0, 0.1) is 0 Å². The molecule has 12 rings (SSSR count). The van der Waals surface area contributed by atoms with Crippen LogP contribution in [-0.2, 0) is 0 Å². The molecule has 3 nitrogen and oxygen atoms in total. The maximum Gasteiger partial charge on any atom is 0.256 e. The molecule has 0 aliphatic carbocycles. The zero-order valence-electron chi connectivity index (χ0n) is 26.6. The predicted molar refractivity (Wildman–Crippen MR) is 211 cm³/mol. The van der Waals surface area contributed by atoms with Crippen LogP contribution in [0.1, 0.15) is 0 Å². The molecule has 0 N–H and O–H groups in total. The summed E-state index contributed by atoms with van der Waals surface area (Å²) in [7, 11) is 0. The maximum absolute atomic E-state index is 6.33. The van der Waals surface area contributed by atoms with Crippen LogP contribution in [0.25, 0.3) is 119 Å². The van der Waals surface area contributed by atoms with E-state index in [-0.39, 0.29) is 0 Å². The molecule has 10 aromatic carbocycles. The number of oxazole rings is 1. The van der Waals surface area contributed by atoms with Gasteiger partial charge in [0.15, 0.2) is 10.6 Å². The minimum Gasteiger partial charge on any atom is -0.434 e. The van der Waals surface area contributed by atoms with Crippen LogP contribution in [0.15, 0.2) is 150 Å². The highest BCUT2D eigenvalue weighted by Gasteiger charge is 2.18. The molecule has 0 unspecified atom stereocenters. The van der Waals surface area contributed by atoms with Crippen LogP contribution in [0.5, 0.6) is 0 Å². The molecule has 2 aromatic heterocycles. The lowest BCUT2D eigenvalue weighted by Crippen LogP contribution is -1.87. The van der Waals surface area contributed by atoms with Gasteiger partial charge >= 0.3 is 0 Å². The molecule has 0 spiro atoms. The number of hydrogen-bond acceptors (Lipinski definition) is 4. The van der Waals surface area contributed by atoms with Crippen molar-refractivity contribution < 1.29 is 4.42 Å². The van der Waals surface area contributed by atoms with E-state index >= 15 is 0 Å². The molecule has 2 heterocycles. The minimum absolute atomic E-state index is 0.554. The molecule has 0 fully saturated rings. The van der Waals surface area contributed by atoms with Gasteiger partial charge in [-0.1, -0.05) is 121 Å². The third-order valence-corrected chi connectivity index (χ3v) is 11.7. The van der Waals surface area contributed by atoms with Gasteiger partial charge in [0.25, 0.3) is 5.89 Å². The highest BCUT2D eigenvalue weighted by molar-refractivity contribution is 7.21. The molecular weight excluding hydrogens is 629 g/mol. The summed E-state index contributed by atoms with van der Waals surface area (Å²) in [6.45, 7) is 0. The number of rotatable bonds is 3. The quantitative estimate of drug-likeness (QED) is 0.178. The van der Waals surface area contributed by atoms with Crippen LogP contribution in [0.4, 0.5) is 0 Å². The fourth-order valence-corrected chi connectivity index (χ4v) is 9.22. The van der Waals surface area contributed by atoms with Gasteiger partial charge in [-0.15, -0.1) is 11.3 Å². The number of aromatic nitrogens is 2. The van der Waals surface area contributed by atoms with Gasteiger partial charge in [-0.2, -0.15) is 0 Å². The number of hydrogen-bond donors (Lipinski definition) is 0. The number of benzene rings is 10. The summed E-state index contributed by atoms with van der Waals surface area (Å²) in [5.41, 5.74) is 7.23. The van der Waals surface area contributed by atoms with Gasteiger partial charge in [0.2, 0.25) is 0 Å². The molecular formula is C46H24N2OS. The average molecular weight is 653 g/mol. The molecule has 0 atom stereocenters. The number of nitrogens with zero attached hydrogens (tertiary/aromatic N) is 2. The zero-order chi connectivity index (χ0) is 32.5. The summed E-state index contributed by atoms with van der Waals surface area (Å²) in [6.07, 6.45) is 0. The average Bonchev–Trinajstić information content (AvgIpc) is 3.80. The topological polar surface area (TPSA) is 38.9 Å². The van der Waals surface area contributed by atoms with Gasteiger partial charge in [-0.05, 0) is 111 Å². The summed E-state index contributed by atoms with van der Waals surface area (Å²) in [6, 6.07) is 52.9. The zero-order valence-corrected chi connectivity index (χ0v) is 27.4. The number of thiazole rings is 1. The van der Waals surface area contributed by atoms with E-state index < -0.39 is 0 Å². The second-order valence-electron chi connectivity index (χ2n) is 13.3. The molecule has 4 heteroatoms. The Morgan fingerprint density at radius 3 is 1.52 bits per heavy atom. The van der Waals surface area contributed by atoms with E-state index in [1.54, 1.807) is 11.3 Å². The second kappa shape index (κ2) is 9.63. The lowest BCUT2D eigenvalue weighted by atomic mass is 9.90. The van der Waals surface area contributed by atoms with Crippen molar-refractivity contribution in [2.75, 3.05) is 0 Å². The Morgan fingerprint density at radius 1 is 0.420 bits per heavy atom. The van der Waals surface area contributed by atoms with Crippen LogP contribution >= 0.6 is 11.3 Å². The molecule has 12 aromatic rings. The third kappa shape index (κ3) is 3.63. The molecule has 230 valence electrons. The molecule has 0 aliphatic heterocycles. The van der Waals surface area contributed by atoms with E-state index in [9.17, 15) is 0 Å². The first-order chi connectivity index (χ1) is 24.7. The highest BCUT2D eigenvalue weighted by Crippen LogP contribution is 2.42. The molecule has 0 bridgehead atoms. The van der Waals surface area contributed by atoms with E-state index in [1.807, 2.05) is 6.07 Å². The molecule has 0 saturated heterocycles. The van der Waals surface area contributed by atoms with E-state index in [0.29, 0.717) is 5.89 Å². The summed E-state index contributed by atoms with van der Waals surface area (Å²) in [5, 5.41) is 16.2. The van der Waals surface area contributed by atoms with Gasteiger partial charge in [-0.3, -0.25) is 0 Å². The fraction of sp³-hybridized carbons (Fsp3) is 0. The van der Waals surface area contributed by atoms with Crippen molar-refractivity contribution in [3.63, 3.8) is 0 Å². The Hall–Kier alpha value is -6.36. The SMILES string of the molecule is c1cc2ccc3ccc(-c4ccc5oc(-c6nc7cc(-c8ccc9ccc%10cccc%11ccc8c9c%10%11)ccc7s6)nc5c4)c4ccc(c1)c2c34. The van der Waals surface area contributed by atoms with Crippen LogP contribution in [0.3, 0.4) is 0 Å². The minimum atomic E-state index is 0.554. The molecule has 0 amide bonds. The standard InChI is InChI=1S/C46H24N2OS/c1-3-25-7-9-29-11-17-33(35-19-13-27(5-1)41(25)43(29)35)31-15-21-39-37(23-31)47-45(49-39)46-48-38-24-32(16-22-40(38)50-46)34-18-12-30-10-8-26-4-2-6-28-14-20-36(34)44(30)42(26)28/h1-24H. The van der Waals surface area contributed by atoms with E-state index in [2.05, 4.69) is 140 Å². The highest BCUT2D eigenvalue weighted by atomic mass is 32.1. The second-order valence-corrected chi connectivity index (χ2v) is 14.4. The van der Waals surface area contributed by atoms with Crippen LogP contribution < -0.4 is 0 Å². The van der Waals surface area contributed by atoms with Crippen molar-refractivity contribution in [2.45, 2.75) is 0 Å². The Kier molecular flexibility index (Phi) is 5.12. The smallest absolute Gasteiger partial charge is 0.256 e. The van der Waals surface area contributed by atoms with Gasteiger partial charge in [-0.25, -0.2) is 9.97 Å². The van der Waals surface area contributed by atoms with Gasteiger partial charge in [0.05, 0.1) is 10.2 Å². The van der Waals surface area contributed by atoms with Crippen LogP contribution in [-0.4, -0.2) is 9.97 Å². The maximum atomic E-state index is 6.33. The molecule has 0 aliphatic rings. The third-order valence-electron chi connectivity index (χ3n) is 10.6. The monoisotopic (exact) mass is 652 g/mol. The van der Waals surface area contributed by atoms with Crippen molar-refractivity contribution in [3.05, 3.63) is 146 Å². The normalized spacial score (nSPS) is 12.4. The Bertz CT molecular complexity index is 3080. The van der Waals surface area contributed by atoms with E-state index in [4.69, 9.17) is 14.4 Å². The Balaban J connectivity index is 0.953. The molecule has 50 heavy (non-hydrogen) atoms. The van der Waals surface area contributed by atoms with Crippen molar-refractivity contribution >= 4 is 97.3 Å².